The summed E-state index contributed by atoms with van der Waals surface area (Å²) in [5.41, 5.74) is 4.81. The van der Waals surface area contributed by atoms with Gasteiger partial charge in [-0.05, 0) is 80.6 Å². The third-order valence-corrected chi connectivity index (χ3v) is 6.38. The smallest absolute Gasteiger partial charge is 0.287 e. The van der Waals surface area contributed by atoms with Crippen molar-refractivity contribution in [3.05, 3.63) is 80.7 Å². The molecule has 4 rings (SSSR count). The summed E-state index contributed by atoms with van der Waals surface area (Å²) in [6, 6.07) is 13.7. The van der Waals surface area contributed by atoms with Crippen molar-refractivity contribution in [1.82, 2.24) is 10.2 Å². The summed E-state index contributed by atoms with van der Waals surface area (Å²) in [6.45, 7) is 8.60. The van der Waals surface area contributed by atoms with Crippen LogP contribution in [0.5, 0.6) is 0 Å². The Morgan fingerprint density at radius 3 is 2.42 bits per heavy atom. The maximum atomic E-state index is 12.9. The summed E-state index contributed by atoms with van der Waals surface area (Å²) in [5, 5.41) is 3.51. The van der Waals surface area contributed by atoms with Crippen molar-refractivity contribution in [2.75, 3.05) is 19.6 Å². The van der Waals surface area contributed by atoms with Crippen molar-refractivity contribution in [2.24, 2.45) is 0 Å². The van der Waals surface area contributed by atoms with Gasteiger partial charge in [0.2, 0.25) is 0 Å². The molecule has 162 valence electrons. The highest BCUT2D eigenvalue weighted by atomic mass is 16.3. The van der Waals surface area contributed by atoms with Crippen LogP contribution in [0.1, 0.15) is 58.6 Å². The van der Waals surface area contributed by atoms with Crippen molar-refractivity contribution >= 4 is 16.9 Å². The lowest BCUT2D eigenvalue weighted by molar-refractivity contribution is 0.0910. The van der Waals surface area contributed by atoms with E-state index < -0.39 is 0 Å². The number of fused-ring (bicyclic) bond motifs is 1. The first-order valence-corrected chi connectivity index (χ1v) is 11.1. The second-order valence-corrected chi connectivity index (χ2v) is 8.47. The molecule has 1 aromatic heterocycles. The molecule has 2 aromatic carbocycles. The lowest BCUT2D eigenvalue weighted by Gasteiger charge is -2.28. The van der Waals surface area contributed by atoms with Gasteiger partial charge >= 0.3 is 0 Å². The number of carbonyl (C=O) groups excluding carboxylic acids is 1. The Morgan fingerprint density at radius 1 is 1.06 bits per heavy atom. The number of benzene rings is 2. The van der Waals surface area contributed by atoms with Gasteiger partial charge in [0.05, 0.1) is 11.4 Å². The van der Waals surface area contributed by atoms with Crippen molar-refractivity contribution < 1.29 is 9.21 Å². The number of aryl methyl sites for hydroxylation is 3. The highest BCUT2D eigenvalue weighted by Crippen LogP contribution is 2.25. The van der Waals surface area contributed by atoms with Gasteiger partial charge in [0.25, 0.3) is 5.91 Å². The number of hydrogen-bond donors (Lipinski definition) is 1. The third kappa shape index (κ3) is 4.57. The van der Waals surface area contributed by atoms with Gasteiger partial charge in [-0.25, -0.2) is 0 Å². The fourth-order valence-corrected chi connectivity index (χ4v) is 4.29. The number of nitrogens with zero attached hydrogens (tertiary/aromatic N) is 1. The fourth-order valence-electron chi connectivity index (χ4n) is 4.29. The van der Waals surface area contributed by atoms with E-state index in [1.54, 1.807) is 0 Å². The molecule has 1 fully saturated rings. The Hall–Kier alpha value is -2.92. The van der Waals surface area contributed by atoms with Gasteiger partial charge in [0.1, 0.15) is 5.58 Å². The number of rotatable bonds is 6. The van der Waals surface area contributed by atoms with Crippen LogP contribution in [0.4, 0.5) is 0 Å². The standard InChI is InChI=1S/C26H30N2O3/c1-4-19-7-9-20(10-8-19)22(28-11-5-6-12-28)16-27-26(30)25-15-23(29)21-13-17(2)18(3)14-24(21)31-25/h7-10,13-15,22H,4-6,11-12,16H2,1-3H3,(H,27,30)/t22-/m1/s1. The lowest BCUT2D eigenvalue weighted by Crippen LogP contribution is -2.37. The average molecular weight is 419 g/mol. The van der Waals surface area contributed by atoms with E-state index in [1.807, 2.05) is 26.0 Å². The first kappa shape index (κ1) is 21.3. The number of carbonyl (C=O) groups is 1. The van der Waals surface area contributed by atoms with Crippen molar-refractivity contribution in [3.63, 3.8) is 0 Å². The first-order chi connectivity index (χ1) is 15.0. The zero-order valence-electron chi connectivity index (χ0n) is 18.5. The molecular formula is C26H30N2O3. The monoisotopic (exact) mass is 418 g/mol. The van der Waals surface area contributed by atoms with Crippen LogP contribution in [0.2, 0.25) is 0 Å². The Kier molecular flexibility index (Phi) is 6.23. The van der Waals surface area contributed by atoms with E-state index in [9.17, 15) is 9.59 Å². The summed E-state index contributed by atoms with van der Waals surface area (Å²) < 4.78 is 5.81. The zero-order valence-corrected chi connectivity index (χ0v) is 18.5. The molecule has 1 N–H and O–H groups in total. The SMILES string of the molecule is CCc1ccc([C@@H](CNC(=O)c2cc(=O)c3cc(C)c(C)cc3o2)N2CCCC2)cc1. The Balaban J connectivity index is 1.56. The molecule has 5 nitrogen and oxygen atoms in total. The Morgan fingerprint density at radius 2 is 1.74 bits per heavy atom. The van der Waals surface area contributed by atoms with E-state index in [0.717, 1.165) is 30.6 Å². The predicted molar refractivity (Wildman–Crippen MR) is 124 cm³/mol. The van der Waals surface area contributed by atoms with Gasteiger partial charge in [-0.2, -0.15) is 0 Å². The molecule has 0 radical (unpaired) electrons. The maximum Gasteiger partial charge on any atom is 0.287 e. The second kappa shape index (κ2) is 9.06. The largest absolute Gasteiger partial charge is 0.451 e. The van der Waals surface area contributed by atoms with Gasteiger partial charge in [-0.3, -0.25) is 14.5 Å². The Bertz CT molecular complexity index is 1140. The maximum absolute atomic E-state index is 12.9. The van der Waals surface area contributed by atoms with Crippen LogP contribution in [0.15, 0.2) is 51.7 Å². The molecular weight excluding hydrogens is 388 g/mol. The average Bonchev–Trinajstić information content (AvgIpc) is 3.30. The van der Waals surface area contributed by atoms with Crippen molar-refractivity contribution in [3.8, 4) is 0 Å². The molecule has 0 bridgehead atoms. The van der Waals surface area contributed by atoms with Gasteiger partial charge < -0.3 is 9.73 Å². The van der Waals surface area contributed by atoms with Gasteiger partial charge in [-0.1, -0.05) is 31.2 Å². The molecule has 0 spiro atoms. The summed E-state index contributed by atoms with van der Waals surface area (Å²) in [4.78, 5) is 27.9. The lowest BCUT2D eigenvalue weighted by atomic mass is 10.0. The molecule has 1 atom stereocenters. The minimum Gasteiger partial charge on any atom is -0.451 e. The minimum atomic E-state index is -0.355. The van der Waals surface area contributed by atoms with Crippen LogP contribution < -0.4 is 10.7 Å². The molecule has 1 saturated heterocycles. The Labute approximate surface area is 183 Å². The molecule has 1 aliphatic rings. The fraction of sp³-hybridized carbons (Fsp3) is 0.385. The molecule has 0 aliphatic carbocycles. The first-order valence-electron chi connectivity index (χ1n) is 11.1. The molecule has 0 saturated carbocycles. The molecule has 3 aromatic rings. The van der Waals surface area contributed by atoms with Gasteiger partial charge in [-0.15, -0.1) is 0 Å². The quantitative estimate of drug-likeness (QED) is 0.638. The summed E-state index contributed by atoms with van der Waals surface area (Å²) in [6.07, 6.45) is 3.36. The summed E-state index contributed by atoms with van der Waals surface area (Å²) in [5.74, 6) is -0.297. The van der Waals surface area contributed by atoms with E-state index in [-0.39, 0.29) is 23.1 Å². The highest BCUT2D eigenvalue weighted by molar-refractivity contribution is 5.93. The van der Waals surface area contributed by atoms with Crippen LogP contribution >= 0.6 is 0 Å². The number of hydrogen-bond acceptors (Lipinski definition) is 4. The zero-order chi connectivity index (χ0) is 22.0. The summed E-state index contributed by atoms with van der Waals surface area (Å²) in [7, 11) is 0. The van der Waals surface area contributed by atoms with E-state index in [1.165, 1.54) is 30.0 Å². The molecule has 1 amide bonds. The van der Waals surface area contributed by atoms with Crippen molar-refractivity contribution in [1.29, 1.82) is 0 Å². The highest BCUT2D eigenvalue weighted by Gasteiger charge is 2.24. The van der Waals surface area contributed by atoms with Crippen LogP contribution in [-0.2, 0) is 6.42 Å². The topological polar surface area (TPSA) is 62.6 Å². The van der Waals surface area contributed by atoms with E-state index in [4.69, 9.17) is 4.42 Å². The molecule has 1 aliphatic heterocycles. The van der Waals surface area contributed by atoms with Crippen LogP contribution in [0, 0.1) is 13.8 Å². The number of nitrogens with one attached hydrogen (secondary N) is 1. The molecule has 0 unspecified atom stereocenters. The number of likely N-dealkylation sites (tertiary alicyclic amines) is 1. The van der Waals surface area contributed by atoms with Gasteiger partial charge in [0.15, 0.2) is 11.2 Å². The second-order valence-electron chi connectivity index (χ2n) is 8.47. The minimum absolute atomic E-state index is 0.0576. The van der Waals surface area contributed by atoms with Gasteiger partial charge in [0, 0.05) is 12.6 Å². The van der Waals surface area contributed by atoms with Crippen LogP contribution in [0.3, 0.4) is 0 Å². The third-order valence-electron chi connectivity index (χ3n) is 6.38. The number of amides is 1. The van der Waals surface area contributed by atoms with Crippen molar-refractivity contribution in [2.45, 2.75) is 46.1 Å². The van der Waals surface area contributed by atoms with Crippen LogP contribution in [-0.4, -0.2) is 30.4 Å². The molecule has 31 heavy (non-hydrogen) atoms. The molecule has 5 heteroatoms. The molecule has 2 heterocycles. The van der Waals surface area contributed by atoms with E-state index in [2.05, 4.69) is 41.4 Å². The van der Waals surface area contributed by atoms with E-state index in [0.29, 0.717) is 17.5 Å². The van der Waals surface area contributed by atoms with Crippen LogP contribution in [0.25, 0.3) is 11.0 Å². The summed E-state index contributed by atoms with van der Waals surface area (Å²) >= 11 is 0. The predicted octanol–water partition coefficient (Wildman–Crippen LogP) is 4.54. The normalized spacial score (nSPS) is 15.3. The van der Waals surface area contributed by atoms with E-state index >= 15 is 0 Å².